The third kappa shape index (κ3) is 3.38. The van der Waals surface area contributed by atoms with Gasteiger partial charge in [0, 0.05) is 31.1 Å². The molecule has 2 heterocycles. The van der Waals surface area contributed by atoms with Crippen molar-refractivity contribution in [1.29, 1.82) is 0 Å². The number of Topliss-reactive ketones (excluding diaryl/α,β-unsaturated/α-hetero) is 1. The Morgan fingerprint density at radius 2 is 2.18 bits per heavy atom. The van der Waals surface area contributed by atoms with Gasteiger partial charge in [0.05, 0.1) is 18.4 Å². The van der Waals surface area contributed by atoms with Gasteiger partial charge < -0.3 is 9.30 Å². The molecular formula is C14H21N5O2S. The van der Waals surface area contributed by atoms with Gasteiger partial charge in [-0.05, 0) is 37.3 Å². The number of carbonyl (C=O) groups is 1. The lowest BCUT2D eigenvalue weighted by Gasteiger charge is -2.17. The molecule has 0 aliphatic rings. The standard InChI is InChI=1S/C14H21N5O2S/c1-9-6-12(11(3)19(9)10(2)7-21-5)13(20)8-22-14-15-16-17-18(14)4/h6,10H,7-8H2,1-5H3/t10-/m0/s1. The first-order valence-corrected chi connectivity index (χ1v) is 8.00. The van der Waals surface area contributed by atoms with E-state index in [1.807, 2.05) is 19.9 Å². The molecule has 0 aliphatic carbocycles. The second kappa shape index (κ2) is 7.06. The number of hydrogen-bond donors (Lipinski definition) is 0. The lowest BCUT2D eigenvalue weighted by molar-refractivity contribution is 0.102. The van der Waals surface area contributed by atoms with Gasteiger partial charge in [-0.3, -0.25) is 4.79 Å². The molecule has 0 amide bonds. The Hall–Kier alpha value is -1.67. The normalized spacial score (nSPS) is 12.6. The number of nitrogens with zero attached hydrogens (tertiary/aromatic N) is 5. The van der Waals surface area contributed by atoms with Crippen molar-refractivity contribution in [3.8, 4) is 0 Å². The molecule has 120 valence electrons. The molecule has 0 aliphatic heterocycles. The topological polar surface area (TPSA) is 74.8 Å². The molecule has 0 unspecified atom stereocenters. The number of aromatic nitrogens is 5. The number of thioether (sulfide) groups is 1. The Kier molecular flexibility index (Phi) is 5.36. The van der Waals surface area contributed by atoms with Crippen LogP contribution >= 0.6 is 11.8 Å². The van der Waals surface area contributed by atoms with Crippen molar-refractivity contribution < 1.29 is 9.53 Å². The molecular weight excluding hydrogens is 302 g/mol. The van der Waals surface area contributed by atoms with Crippen LogP contribution in [0.3, 0.4) is 0 Å². The number of ketones is 1. The fourth-order valence-electron chi connectivity index (χ4n) is 2.60. The Bertz CT molecular complexity index is 664. The summed E-state index contributed by atoms with van der Waals surface area (Å²) in [6, 6.07) is 2.14. The van der Waals surface area contributed by atoms with Crippen LogP contribution in [-0.2, 0) is 11.8 Å². The molecule has 1 atom stereocenters. The predicted molar refractivity (Wildman–Crippen MR) is 84.3 cm³/mol. The summed E-state index contributed by atoms with van der Waals surface area (Å²) < 4.78 is 8.91. The Balaban J connectivity index is 2.13. The SMILES string of the molecule is COC[C@H](C)n1c(C)cc(C(=O)CSc2nnnn2C)c1C. The molecule has 0 radical (unpaired) electrons. The number of ether oxygens (including phenoxy) is 1. The summed E-state index contributed by atoms with van der Waals surface area (Å²) in [5.41, 5.74) is 2.79. The first kappa shape index (κ1) is 16.7. The van der Waals surface area contributed by atoms with E-state index in [9.17, 15) is 4.79 Å². The number of hydrogen-bond acceptors (Lipinski definition) is 6. The summed E-state index contributed by atoms with van der Waals surface area (Å²) in [7, 11) is 3.44. The summed E-state index contributed by atoms with van der Waals surface area (Å²) in [6.45, 7) is 6.68. The number of tetrazole rings is 1. The van der Waals surface area contributed by atoms with Crippen molar-refractivity contribution in [3.05, 3.63) is 23.0 Å². The van der Waals surface area contributed by atoms with Crippen LogP contribution in [0, 0.1) is 13.8 Å². The van der Waals surface area contributed by atoms with E-state index in [-0.39, 0.29) is 11.8 Å². The molecule has 2 aromatic heterocycles. The van der Waals surface area contributed by atoms with Crippen molar-refractivity contribution in [1.82, 2.24) is 24.8 Å². The van der Waals surface area contributed by atoms with Gasteiger partial charge in [-0.1, -0.05) is 11.8 Å². The Labute approximate surface area is 134 Å². The van der Waals surface area contributed by atoms with Crippen molar-refractivity contribution in [2.45, 2.75) is 32.0 Å². The zero-order valence-corrected chi connectivity index (χ0v) is 14.3. The minimum atomic E-state index is 0.0805. The van der Waals surface area contributed by atoms with Crippen LogP contribution < -0.4 is 0 Å². The number of methoxy groups -OCH3 is 1. The second-order valence-corrected chi connectivity index (χ2v) is 6.20. The van der Waals surface area contributed by atoms with Crippen molar-refractivity contribution in [2.75, 3.05) is 19.5 Å². The fourth-order valence-corrected chi connectivity index (χ4v) is 3.34. The quantitative estimate of drug-likeness (QED) is 0.571. The summed E-state index contributed by atoms with van der Waals surface area (Å²) in [5, 5.41) is 11.8. The van der Waals surface area contributed by atoms with Gasteiger partial charge in [0.1, 0.15) is 0 Å². The largest absolute Gasteiger partial charge is 0.383 e. The average molecular weight is 323 g/mol. The Morgan fingerprint density at radius 3 is 2.77 bits per heavy atom. The van der Waals surface area contributed by atoms with E-state index in [1.165, 1.54) is 11.8 Å². The molecule has 0 aromatic carbocycles. The number of carbonyl (C=O) groups excluding carboxylic acids is 1. The van der Waals surface area contributed by atoms with Gasteiger partial charge in [0.2, 0.25) is 5.16 Å². The predicted octanol–water partition coefficient (Wildman–Crippen LogP) is 1.81. The molecule has 0 saturated heterocycles. The third-order valence-electron chi connectivity index (χ3n) is 3.55. The first-order valence-electron chi connectivity index (χ1n) is 7.01. The Morgan fingerprint density at radius 1 is 1.45 bits per heavy atom. The lowest BCUT2D eigenvalue weighted by Crippen LogP contribution is -2.14. The third-order valence-corrected chi connectivity index (χ3v) is 4.56. The van der Waals surface area contributed by atoms with E-state index in [2.05, 4.69) is 27.0 Å². The van der Waals surface area contributed by atoms with Crippen LogP contribution in [0.25, 0.3) is 0 Å². The monoisotopic (exact) mass is 323 g/mol. The van der Waals surface area contributed by atoms with Crippen LogP contribution in [0.5, 0.6) is 0 Å². The van der Waals surface area contributed by atoms with E-state index in [4.69, 9.17) is 4.74 Å². The molecule has 7 nitrogen and oxygen atoms in total. The van der Waals surface area contributed by atoms with Crippen LogP contribution in [0.2, 0.25) is 0 Å². The van der Waals surface area contributed by atoms with E-state index < -0.39 is 0 Å². The van der Waals surface area contributed by atoms with Gasteiger partial charge >= 0.3 is 0 Å². The average Bonchev–Trinajstić information content (AvgIpc) is 3.00. The highest BCUT2D eigenvalue weighted by Crippen LogP contribution is 2.23. The zero-order chi connectivity index (χ0) is 16.3. The highest BCUT2D eigenvalue weighted by Gasteiger charge is 2.19. The van der Waals surface area contributed by atoms with Crippen LogP contribution in [0.1, 0.15) is 34.7 Å². The molecule has 0 saturated carbocycles. The summed E-state index contributed by atoms with van der Waals surface area (Å²) in [4.78, 5) is 12.5. The van der Waals surface area contributed by atoms with Gasteiger partial charge in [-0.2, -0.15) is 0 Å². The van der Waals surface area contributed by atoms with Gasteiger partial charge in [0.25, 0.3) is 0 Å². The highest BCUT2D eigenvalue weighted by atomic mass is 32.2. The molecule has 0 bridgehead atoms. The van der Waals surface area contributed by atoms with Gasteiger partial charge in [-0.25, -0.2) is 4.68 Å². The fraction of sp³-hybridized carbons (Fsp3) is 0.571. The molecule has 2 rings (SSSR count). The molecule has 0 fully saturated rings. The van der Waals surface area contributed by atoms with Crippen molar-refractivity contribution in [2.24, 2.45) is 7.05 Å². The maximum Gasteiger partial charge on any atom is 0.209 e. The minimum absolute atomic E-state index is 0.0805. The second-order valence-electron chi connectivity index (χ2n) is 5.26. The van der Waals surface area contributed by atoms with Crippen molar-refractivity contribution >= 4 is 17.5 Å². The summed E-state index contributed by atoms with van der Waals surface area (Å²) in [6.07, 6.45) is 0. The van der Waals surface area contributed by atoms with Gasteiger partial charge in [0.15, 0.2) is 5.78 Å². The molecule has 0 spiro atoms. The summed E-state index contributed by atoms with van der Waals surface area (Å²) in [5.74, 6) is 0.397. The van der Waals surface area contributed by atoms with Crippen LogP contribution in [-0.4, -0.2) is 50.0 Å². The number of rotatable bonds is 7. The van der Waals surface area contributed by atoms with E-state index in [0.29, 0.717) is 17.5 Å². The first-order chi connectivity index (χ1) is 10.5. The van der Waals surface area contributed by atoms with E-state index >= 15 is 0 Å². The lowest BCUT2D eigenvalue weighted by atomic mass is 10.2. The van der Waals surface area contributed by atoms with Crippen molar-refractivity contribution in [3.63, 3.8) is 0 Å². The van der Waals surface area contributed by atoms with E-state index in [0.717, 1.165) is 17.0 Å². The molecule has 0 N–H and O–H groups in total. The van der Waals surface area contributed by atoms with Crippen LogP contribution in [0.4, 0.5) is 0 Å². The molecule has 2 aromatic rings. The summed E-state index contributed by atoms with van der Waals surface area (Å²) >= 11 is 1.34. The molecule has 8 heteroatoms. The van der Waals surface area contributed by atoms with Gasteiger partial charge in [-0.15, -0.1) is 5.10 Å². The zero-order valence-electron chi connectivity index (χ0n) is 13.5. The highest BCUT2D eigenvalue weighted by molar-refractivity contribution is 7.99. The number of aryl methyl sites for hydroxylation is 2. The molecule has 22 heavy (non-hydrogen) atoms. The maximum absolute atomic E-state index is 12.5. The van der Waals surface area contributed by atoms with E-state index in [1.54, 1.807) is 18.8 Å². The van der Waals surface area contributed by atoms with Crippen LogP contribution in [0.15, 0.2) is 11.2 Å². The smallest absolute Gasteiger partial charge is 0.209 e. The minimum Gasteiger partial charge on any atom is -0.383 e. The maximum atomic E-state index is 12.5.